The largest absolute Gasteiger partial charge is 0.508 e. The maximum Gasteiger partial charge on any atom is 0.139 e. The van der Waals surface area contributed by atoms with Crippen LogP contribution in [0.4, 0.5) is 14.5 Å². The zero-order valence-corrected chi connectivity index (χ0v) is 18.4. The fraction of sp³-hybridized carbons (Fsp3) is 0.292. The van der Waals surface area contributed by atoms with E-state index in [1.807, 2.05) is 13.0 Å². The summed E-state index contributed by atoms with van der Waals surface area (Å²) in [6.07, 6.45) is 4.91. The Bertz CT molecular complexity index is 1330. The van der Waals surface area contributed by atoms with Gasteiger partial charge in [-0.3, -0.25) is 4.98 Å². The van der Waals surface area contributed by atoms with Gasteiger partial charge >= 0.3 is 0 Å². The number of aromatic nitrogens is 4. The number of benzene rings is 1. The molecule has 0 spiro atoms. The molecule has 5 rings (SSSR count). The van der Waals surface area contributed by atoms with Crippen LogP contribution >= 0.6 is 0 Å². The quantitative estimate of drug-likeness (QED) is 0.424. The number of phenols is 1. The topological polar surface area (TPSA) is 113 Å². The van der Waals surface area contributed by atoms with Crippen LogP contribution in [0.3, 0.4) is 0 Å². The number of fused-ring (bicyclic) bond motifs is 1. The minimum absolute atomic E-state index is 0.0105. The van der Waals surface area contributed by atoms with Crippen molar-refractivity contribution < 1.29 is 19.0 Å². The summed E-state index contributed by atoms with van der Waals surface area (Å²) < 4.78 is 30.4. The average Bonchev–Trinajstić information content (AvgIpc) is 3.19. The third-order valence-corrected chi connectivity index (χ3v) is 6.27. The van der Waals surface area contributed by atoms with Crippen LogP contribution in [-0.2, 0) is 6.42 Å². The maximum absolute atomic E-state index is 14.4. The predicted molar refractivity (Wildman–Crippen MR) is 122 cm³/mol. The SMILES string of the molecule is C[C@H]1CN(c2ccncc2Cc2ncc3ccc(-c4c(F)cc(O)cc4F)nn23)C[C@@H](N)[C@@H]1O. The molecule has 1 aliphatic rings. The van der Waals surface area contributed by atoms with E-state index in [2.05, 4.69) is 20.0 Å². The van der Waals surface area contributed by atoms with Crippen LogP contribution in [0.25, 0.3) is 16.8 Å². The second-order valence-corrected chi connectivity index (χ2v) is 8.73. The average molecular weight is 466 g/mol. The van der Waals surface area contributed by atoms with Gasteiger partial charge in [0.2, 0.25) is 0 Å². The van der Waals surface area contributed by atoms with Gasteiger partial charge < -0.3 is 20.8 Å². The van der Waals surface area contributed by atoms with Crippen LogP contribution < -0.4 is 10.6 Å². The van der Waals surface area contributed by atoms with Gasteiger partial charge in [-0.25, -0.2) is 18.3 Å². The summed E-state index contributed by atoms with van der Waals surface area (Å²) in [4.78, 5) is 10.9. The minimum Gasteiger partial charge on any atom is -0.508 e. The van der Waals surface area contributed by atoms with E-state index >= 15 is 0 Å². The first-order chi connectivity index (χ1) is 16.3. The number of anilines is 1. The Kier molecular flexibility index (Phi) is 5.62. The highest BCUT2D eigenvalue weighted by molar-refractivity contribution is 5.64. The Labute approximate surface area is 194 Å². The number of nitrogens with two attached hydrogens (primary N) is 1. The lowest BCUT2D eigenvalue weighted by molar-refractivity contribution is 0.0784. The third-order valence-electron chi connectivity index (χ3n) is 6.27. The number of rotatable bonds is 4. The van der Waals surface area contributed by atoms with Crippen molar-refractivity contribution in [3.05, 3.63) is 71.9 Å². The van der Waals surface area contributed by atoms with Crippen molar-refractivity contribution in [3.63, 3.8) is 0 Å². The Morgan fingerprint density at radius 1 is 1.12 bits per heavy atom. The maximum atomic E-state index is 14.4. The number of hydrogen-bond acceptors (Lipinski definition) is 7. The summed E-state index contributed by atoms with van der Waals surface area (Å²) in [5.74, 6) is -1.72. The molecule has 8 nitrogen and oxygen atoms in total. The Morgan fingerprint density at radius 2 is 1.88 bits per heavy atom. The molecular weight excluding hydrogens is 442 g/mol. The van der Waals surface area contributed by atoms with E-state index in [0.29, 0.717) is 30.9 Å². The first-order valence-corrected chi connectivity index (χ1v) is 11.0. The molecule has 4 N–H and O–H groups in total. The van der Waals surface area contributed by atoms with Gasteiger partial charge in [-0.05, 0) is 18.2 Å². The standard InChI is InChI=1S/C24H24F2N6O2/c1-13-11-31(12-19(27)24(13)34)21-4-5-28-9-14(21)6-22-29-10-15-2-3-20(30-32(15)22)23-17(25)7-16(33)8-18(23)26/h2-5,7-10,13,19,24,33-34H,6,11-12,27H2,1H3/t13-,19+,24+/m0/s1. The summed E-state index contributed by atoms with van der Waals surface area (Å²) in [5, 5.41) is 24.1. The number of pyridine rings is 1. The highest BCUT2D eigenvalue weighted by Gasteiger charge is 2.31. The van der Waals surface area contributed by atoms with Crippen molar-refractivity contribution in [2.75, 3.05) is 18.0 Å². The fourth-order valence-electron chi connectivity index (χ4n) is 4.54. The number of halogens is 2. The number of hydrogen-bond donors (Lipinski definition) is 3. The molecule has 3 aromatic heterocycles. The Hall–Kier alpha value is -3.63. The summed E-state index contributed by atoms with van der Waals surface area (Å²) in [6.45, 7) is 3.12. The predicted octanol–water partition coefficient (Wildman–Crippen LogP) is 2.51. The van der Waals surface area contributed by atoms with Gasteiger partial charge in [0, 0.05) is 67.2 Å². The van der Waals surface area contributed by atoms with Gasteiger partial charge in [-0.1, -0.05) is 6.92 Å². The molecule has 0 amide bonds. The molecule has 0 unspecified atom stereocenters. The van der Waals surface area contributed by atoms with E-state index in [9.17, 15) is 19.0 Å². The highest BCUT2D eigenvalue weighted by Crippen LogP contribution is 2.30. The Morgan fingerprint density at radius 3 is 2.62 bits per heavy atom. The van der Waals surface area contributed by atoms with Crippen molar-refractivity contribution in [3.8, 4) is 17.0 Å². The second kappa shape index (κ2) is 8.62. The van der Waals surface area contributed by atoms with Crippen molar-refractivity contribution >= 4 is 11.2 Å². The van der Waals surface area contributed by atoms with E-state index in [0.717, 1.165) is 23.4 Å². The van der Waals surface area contributed by atoms with Crippen LogP contribution in [0.2, 0.25) is 0 Å². The van der Waals surface area contributed by atoms with Crippen molar-refractivity contribution in [1.29, 1.82) is 0 Å². The number of piperidine rings is 1. The number of imidazole rings is 1. The summed E-state index contributed by atoms with van der Waals surface area (Å²) >= 11 is 0. The molecule has 4 heterocycles. The molecule has 0 radical (unpaired) electrons. The lowest BCUT2D eigenvalue weighted by Gasteiger charge is -2.40. The lowest BCUT2D eigenvalue weighted by atomic mass is 9.92. The first-order valence-electron chi connectivity index (χ1n) is 11.0. The van der Waals surface area contributed by atoms with Gasteiger partial charge in [-0.2, -0.15) is 5.10 Å². The molecule has 3 atom stereocenters. The number of aliphatic hydroxyl groups excluding tert-OH is 1. The van der Waals surface area contributed by atoms with E-state index in [1.165, 1.54) is 6.07 Å². The zero-order chi connectivity index (χ0) is 24.0. The molecule has 1 aromatic carbocycles. The summed E-state index contributed by atoms with van der Waals surface area (Å²) in [7, 11) is 0. The molecule has 4 aromatic rings. The van der Waals surface area contributed by atoms with E-state index < -0.39 is 23.5 Å². The Balaban J connectivity index is 1.51. The van der Waals surface area contributed by atoms with Crippen LogP contribution in [0, 0.1) is 17.6 Å². The van der Waals surface area contributed by atoms with Crippen LogP contribution in [0.15, 0.2) is 48.9 Å². The fourth-order valence-corrected chi connectivity index (χ4v) is 4.54. The number of aromatic hydroxyl groups is 1. The van der Waals surface area contributed by atoms with Crippen LogP contribution in [0.1, 0.15) is 18.3 Å². The molecule has 0 aliphatic carbocycles. The highest BCUT2D eigenvalue weighted by atomic mass is 19.1. The number of aliphatic hydroxyl groups is 1. The van der Waals surface area contributed by atoms with Crippen molar-refractivity contribution in [2.24, 2.45) is 11.7 Å². The van der Waals surface area contributed by atoms with Crippen LogP contribution in [-0.4, -0.2) is 55.0 Å². The molecule has 0 bridgehead atoms. The second-order valence-electron chi connectivity index (χ2n) is 8.73. The third kappa shape index (κ3) is 3.95. The summed E-state index contributed by atoms with van der Waals surface area (Å²) in [5.41, 5.74) is 8.40. The minimum atomic E-state index is -0.904. The molecule has 1 aliphatic heterocycles. The van der Waals surface area contributed by atoms with E-state index in [-0.39, 0.29) is 23.2 Å². The van der Waals surface area contributed by atoms with E-state index in [4.69, 9.17) is 5.73 Å². The molecule has 1 saturated heterocycles. The summed E-state index contributed by atoms with van der Waals surface area (Å²) in [6, 6.07) is 6.43. The molecule has 10 heteroatoms. The molecule has 34 heavy (non-hydrogen) atoms. The van der Waals surface area contributed by atoms with Gasteiger partial charge in [0.25, 0.3) is 0 Å². The first kappa shape index (κ1) is 22.2. The monoisotopic (exact) mass is 466 g/mol. The van der Waals surface area contributed by atoms with Gasteiger partial charge in [0.15, 0.2) is 0 Å². The molecule has 176 valence electrons. The van der Waals surface area contributed by atoms with Crippen LogP contribution in [0.5, 0.6) is 5.75 Å². The number of nitrogens with zero attached hydrogens (tertiary/aromatic N) is 5. The van der Waals surface area contributed by atoms with Gasteiger partial charge in [0.05, 0.1) is 29.1 Å². The zero-order valence-electron chi connectivity index (χ0n) is 18.4. The van der Waals surface area contributed by atoms with Gasteiger partial charge in [-0.15, -0.1) is 0 Å². The lowest BCUT2D eigenvalue weighted by Crippen LogP contribution is -2.55. The van der Waals surface area contributed by atoms with Crippen molar-refractivity contribution in [1.82, 2.24) is 19.6 Å². The van der Waals surface area contributed by atoms with Gasteiger partial charge in [0.1, 0.15) is 23.2 Å². The molecule has 0 saturated carbocycles. The normalized spacial score (nSPS) is 20.7. The molecular formula is C24H24F2N6O2. The van der Waals surface area contributed by atoms with Crippen molar-refractivity contribution in [2.45, 2.75) is 25.5 Å². The van der Waals surface area contributed by atoms with E-state index in [1.54, 1.807) is 29.2 Å². The smallest absolute Gasteiger partial charge is 0.139 e. The molecule has 1 fully saturated rings. The number of phenolic OH excluding ortho intramolecular Hbond substituents is 1.